The largest absolute Gasteiger partial charge is 0.454 e. The molecule has 0 amide bonds. The van der Waals surface area contributed by atoms with E-state index >= 15 is 0 Å². The fourth-order valence-electron chi connectivity index (χ4n) is 1.76. The molecule has 1 heterocycles. The predicted molar refractivity (Wildman–Crippen MR) is 75.0 cm³/mol. The first kappa shape index (κ1) is 17.0. The van der Waals surface area contributed by atoms with Crippen LogP contribution in [0.4, 0.5) is 4.39 Å². The molecule has 0 radical (unpaired) electrons. The topological polar surface area (TPSA) is 130 Å². The van der Waals surface area contributed by atoms with Gasteiger partial charge in [0.15, 0.2) is 12.4 Å². The lowest BCUT2D eigenvalue weighted by molar-refractivity contribution is 0.0450. The molecule has 1 aromatic carbocycles. The summed E-state index contributed by atoms with van der Waals surface area (Å²) in [6.45, 7) is 2.19. The highest BCUT2D eigenvalue weighted by atomic mass is 32.2. The third-order valence-electron chi connectivity index (χ3n) is 2.86. The molecule has 0 atom stereocenters. The normalized spacial score (nSPS) is 11.4. The quantitative estimate of drug-likeness (QED) is 0.743. The number of aryl methyl sites for hydroxylation is 1. The average Bonchev–Trinajstić information content (AvgIpc) is 2.92. The fraction of sp³-hybridized carbons (Fsp3) is 0.333. The number of sulfonamides is 1. The maximum absolute atomic E-state index is 13.7. The van der Waals surface area contributed by atoms with E-state index < -0.39 is 27.4 Å². The number of nitrogens with zero attached hydrogens (tertiary/aromatic N) is 4. The van der Waals surface area contributed by atoms with E-state index in [9.17, 15) is 17.6 Å². The zero-order valence-corrected chi connectivity index (χ0v) is 13.0. The van der Waals surface area contributed by atoms with Crippen LogP contribution in [0.5, 0.6) is 0 Å². The summed E-state index contributed by atoms with van der Waals surface area (Å²) in [5.74, 6) is -1.67. The van der Waals surface area contributed by atoms with E-state index in [1.807, 2.05) is 6.92 Å². The number of benzene rings is 1. The van der Waals surface area contributed by atoms with E-state index in [2.05, 4.69) is 15.5 Å². The van der Waals surface area contributed by atoms with Crippen molar-refractivity contribution in [2.45, 2.75) is 31.4 Å². The lowest BCUT2D eigenvalue weighted by Crippen LogP contribution is -2.15. The maximum Gasteiger partial charge on any atom is 0.341 e. The highest BCUT2D eigenvalue weighted by molar-refractivity contribution is 7.89. The van der Waals surface area contributed by atoms with Crippen molar-refractivity contribution in [3.05, 3.63) is 35.4 Å². The Bertz CT molecular complexity index is 821. The van der Waals surface area contributed by atoms with Gasteiger partial charge in [-0.25, -0.2) is 27.4 Å². The molecule has 0 aliphatic heterocycles. The monoisotopic (exact) mass is 343 g/mol. The van der Waals surface area contributed by atoms with Crippen LogP contribution in [0.2, 0.25) is 0 Å². The summed E-state index contributed by atoms with van der Waals surface area (Å²) in [5.41, 5.74) is -0.536. The van der Waals surface area contributed by atoms with E-state index in [4.69, 9.17) is 9.88 Å². The van der Waals surface area contributed by atoms with Crippen LogP contribution >= 0.6 is 0 Å². The summed E-state index contributed by atoms with van der Waals surface area (Å²) in [7, 11) is -4.06. The molecule has 2 rings (SSSR count). The van der Waals surface area contributed by atoms with Gasteiger partial charge >= 0.3 is 5.97 Å². The predicted octanol–water partition coefficient (Wildman–Crippen LogP) is 0.227. The van der Waals surface area contributed by atoms with Gasteiger partial charge in [-0.3, -0.25) is 0 Å². The second-order valence-corrected chi connectivity index (χ2v) is 6.14. The number of ether oxygens (including phenoxy) is 1. The summed E-state index contributed by atoms with van der Waals surface area (Å²) < 4.78 is 42.6. The van der Waals surface area contributed by atoms with E-state index in [1.165, 1.54) is 4.68 Å². The van der Waals surface area contributed by atoms with Crippen LogP contribution < -0.4 is 5.14 Å². The molecule has 9 nitrogen and oxygen atoms in total. The summed E-state index contributed by atoms with van der Waals surface area (Å²) >= 11 is 0. The van der Waals surface area contributed by atoms with Gasteiger partial charge in [-0.15, -0.1) is 5.10 Å². The third kappa shape index (κ3) is 4.07. The van der Waals surface area contributed by atoms with Crippen LogP contribution in [0, 0.1) is 5.82 Å². The van der Waals surface area contributed by atoms with Crippen LogP contribution in [-0.2, 0) is 27.9 Å². The van der Waals surface area contributed by atoms with Crippen molar-refractivity contribution in [1.82, 2.24) is 20.2 Å². The Morgan fingerprint density at radius 3 is 2.83 bits per heavy atom. The highest BCUT2D eigenvalue weighted by Gasteiger charge is 2.19. The number of hydrogen-bond acceptors (Lipinski definition) is 7. The molecule has 11 heteroatoms. The van der Waals surface area contributed by atoms with Crippen molar-refractivity contribution >= 4 is 16.0 Å². The Morgan fingerprint density at radius 2 is 2.17 bits per heavy atom. The second kappa shape index (κ2) is 6.79. The van der Waals surface area contributed by atoms with Crippen LogP contribution in [0.25, 0.3) is 0 Å². The van der Waals surface area contributed by atoms with Gasteiger partial charge < -0.3 is 4.74 Å². The summed E-state index contributed by atoms with van der Waals surface area (Å²) in [4.78, 5) is 11.5. The Labute approximate surface area is 131 Å². The van der Waals surface area contributed by atoms with E-state index in [0.717, 1.165) is 24.6 Å². The van der Waals surface area contributed by atoms with Crippen molar-refractivity contribution < 1.29 is 22.3 Å². The molecule has 2 aromatic rings. The lowest BCUT2D eigenvalue weighted by Gasteiger charge is -2.07. The van der Waals surface area contributed by atoms with Crippen LogP contribution in [0.3, 0.4) is 0 Å². The van der Waals surface area contributed by atoms with Crippen molar-refractivity contribution in [2.75, 3.05) is 0 Å². The van der Waals surface area contributed by atoms with Gasteiger partial charge in [-0.2, -0.15) is 0 Å². The molecular formula is C12H14FN5O4S. The van der Waals surface area contributed by atoms with Gasteiger partial charge in [0.25, 0.3) is 0 Å². The SMILES string of the molecule is CCCn1nnnc1COC(=O)c1cc(S(N)(=O)=O)ccc1F. The Kier molecular flexibility index (Phi) is 5.01. The van der Waals surface area contributed by atoms with Gasteiger partial charge in [-0.1, -0.05) is 6.92 Å². The molecule has 0 bridgehead atoms. The first-order chi connectivity index (χ1) is 10.8. The fourth-order valence-corrected chi connectivity index (χ4v) is 2.30. The van der Waals surface area contributed by atoms with Crippen molar-refractivity contribution in [3.8, 4) is 0 Å². The molecule has 0 aliphatic carbocycles. The number of tetrazole rings is 1. The number of hydrogen-bond donors (Lipinski definition) is 1. The molecule has 23 heavy (non-hydrogen) atoms. The zero-order valence-electron chi connectivity index (χ0n) is 12.1. The van der Waals surface area contributed by atoms with Crippen LogP contribution in [0.15, 0.2) is 23.1 Å². The first-order valence-electron chi connectivity index (χ1n) is 6.57. The molecule has 0 saturated carbocycles. The van der Waals surface area contributed by atoms with Crippen molar-refractivity contribution in [1.29, 1.82) is 0 Å². The lowest BCUT2D eigenvalue weighted by atomic mass is 10.2. The maximum atomic E-state index is 13.7. The summed E-state index contributed by atoms with van der Waals surface area (Å²) in [6.07, 6.45) is 0.775. The second-order valence-electron chi connectivity index (χ2n) is 4.58. The molecule has 0 fully saturated rings. The molecule has 1 aromatic heterocycles. The van der Waals surface area contributed by atoms with Gasteiger partial charge in [0.1, 0.15) is 5.82 Å². The number of nitrogens with two attached hydrogens (primary N) is 1. The van der Waals surface area contributed by atoms with Crippen LogP contribution in [0.1, 0.15) is 29.5 Å². The Balaban J connectivity index is 2.16. The molecular weight excluding hydrogens is 329 g/mol. The number of primary sulfonamides is 1. The summed E-state index contributed by atoms with van der Waals surface area (Å²) in [6, 6.07) is 2.61. The molecule has 124 valence electrons. The zero-order chi connectivity index (χ0) is 17.0. The highest BCUT2D eigenvalue weighted by Crippen LogP contribution is 2.15. The molecule has 0 aliphatic rings. The Hall–Kier alpha value is -2.40. The number of carbonyl (C=O) groups is 1. The van der Waals surface area contributed by atoms with E-state index in [1.54, 1.807) is 0 Å². The molecule has 0 saturated heterocycles. The number of halogens is 1. The molecule has 2 N–H and O–H groups in total. The molecule has 0 spiro atoms. The molecule has 0 unspecified atom stereocenters. The smallest absolute Gasteiger partial charge is 0.341 e. The van der Waals surface area contributed by atoms with Gasteiger partial charge in [-0.05, 0) is 35.0 Å². The number of rotatable bonds is 6. The number of esters is 1. The Morgan fingerprint density at radius 1 is 1.43 bits per heavy atom. The number of carbonyl (C=O) groups excluding carboxylic acids is 1. The minimum atomic E-state index is -4.06. The van der Waals surface area contributed by atoms with E-state index in [0.29, 0.717) is 12.4 Å². The standard InChI is InChI=1S/C12H14FN5O4S/c1-2-5-18-11(15-16-17-18)7-22-12(19)9-6-8(23(14,20)21)3-4-10(9)13/h3-4,6H,2,5,7H2,1H3,(H2,14,20,21). The van der Waals surface area contributed by atoms with E-state index in [-0.39, 0.29) is 11.5 Å². The van der Waals surface area contributed by atoms with Crippen molar-refractivity contribution in [2.24, 2.45) is 5.14 Å². The van der Waals surface area contributed by atoms with Crippen LogP contribution in [-0.4, -0.2) is 34.6 Å². The van der Waals surface area contributed by atoms with Gasteiger partial charge in [0.05, 0.1) is 10.5 Å². The third-order valence-corrected chi connectivity index (χ3v) is 3.77. The summed E-state index contributed by atoms with van der Waals surface area (Å²) in [5, 5.41) is 15.8. The first-order valence-corrected chi connectivity index (χ1v) is 8.12. The van der Waals surface area contributed by atoms with Gasteiger partial charge in [0, 0.05) is 6.54 Å². The minimum Gasteiger partial charge on any atom is -0.454 e. The van der Waals surface area contributed by atoms with Gasteiger partial charge in [0.2, 0.25) is 10.0 Å². The minimum absolute atomic E-state index is 0.273. The van der Waals surface area contributed by atoms with Crippen molar-refractivity contribution in [3.63, 3.8) is 0 Å². The average molecular weight is 343 g/mol. The number of aromatic nitrogens is 4.